The van der Waals surface area contributed by atoms with Gasteiger partial charge in [0, 0.05) is 41.9 Å². The molecule has 5 rings (SSSR count). The zero-order valence-corrected chi connectivity index (χ0v) is 29.0. The van der Waals surface area contributed by atoms with E-state index in [-0.39, 0.29) is 31.9 Å². The van der Waals surface area contributed by atoms with E-state index in [0.29, 0.717) is 35.9 Å². The lowest BCUT2D eigenvalue weighted by atomic mass is 10.0. The smallest absolute Gasteiger partial charge is 0.297 e. The second-order valence-electron chi connectivity index (χ2n) is 12.7. The minimum Gasteiger partial charge on any atom is -0.506 e. The largest absolute Gasteiger partial charge is 0.506 e. The van der Waals surface area contributed by atoms with Gasteiger partial charge in [-0.05, 0) is 68.6 Å². The van der Waals surface area contributed by atoms with Gasteiger partial charge in [0.05, 0.1) is 17.7 Å². The number of pyridine rings is 1. The zero-order valence-electron chi connectivity index (χ0n) is 27.4. The van der Waals surface area contributed by atoms with Crippen LogP contribution in [0.5, 0.6) is 5.75 Å². The number of aliphatic hydroxyl groups is 1. The molecule has 266 valence electrons. The molecule has 1 saturated heterocycles. The number of unbranched alkanes of at least 4 members (excludes halogenated alkanes) is 6. The molecule has 5 N–H and O–H groups in total. The highest BCUT2D eigenvalue weighted by Gasteiger charge is 2.28. The third kappa shape index (κ3) is 9.66. The maximum Gasteiger partial charge on any atom is 0.297 e. The van der Waals surface area contributed by atoms with Gasteiger partial charge in [0.25, 0.3) is 20.2 Å². The SMILES string of the molecule is O=c1ccc2c(C(O)CNCCCCCCCCCN3CCC(OS(=O)(=O)c4cccc5c(S(=O)(=O)O)cccc45)CC3)ccc(O)c2[nH]1. The first kappa shape index (κ1) is 36.9. The Morgan fingerprint density at radius 2 is 1.45 bits per heavy atom. The summed E-state index contributed by atoms with van der Waals surface area (Å²) in [6.07, 6.45) is 7.72. The van der Waals surface area contributed by atoms with Gasteiger partial charge < -0.3 is 25.4 Å². The van der Waals surface area contributed by atoms with Crippen LogP contribution < -0.4 is 10.9 Å². The van der Waals surface area contributed by atoms with E-state index < -0.39 is 32.4 Å². The maximum atomic E-state index is 13.2. The van der Waals surface area contributed by atoms with Gasteiger partial charge in [0.2, 0.25) is 5.56 Å². The summed E-state index contributed by atoms with van der Waals surface area (Å²) < 4.78 is 65.1. The molecule has 0 spiro atoms. The van der Waals surface area contributed by atoms with Crippen LogP contribution in [-0.2, 0) is 24.4 Å². The molecule has 0 aliphatic carbocycles. The lowest BCUT2D eigenvalue weighted by Crippen LogP contribution is -2.38. The molecule has 14 heteroatoms. The van der Waals surface area contributed by atoms with Gasteiger partial charge in [0.15, 0.2) is 0 Å². The minimum absolute atomic E-state index is 0.0268. The number of benzene rings is 3. The number of hydrogen-bond acceptors (Lipinski definition) is 10. The second kappa shape index (κ2) is 16.6. The lowest BCUT2D eigenvalue weighted by Gasteiger charge is -2.31. The molecule has 1 aliphatic rings. The summed E-state index contributed by atoms with van der Waals surface area (Å²) in [6, 6.07) is 14.6. The van der Waals surface area contributed by atoms with Crippen molar-refractivity contribution in [2.75, 3.05) is 32.7 Å². The summed E-state index contributed by atoms with van der Waals surface area (Å²) in [7, 11) is -8.68. The summed E-state index contributed by atoms with van der Waals surface area (Å²) in [5.74, 6) is -0.0268. The van der Waals surface area contributed by atoms with E-state index in [1.54, 1.807) is 12.1 Å². The van der Waals surface area contributed by atoms with Crippen LogP contribution in [0.4, 0.5) is 0 Å². The summed E-state index contributed by atoms with van der Waals surface area (Å²) in [5, 5.41) is 24.9. The van der Waals surface area contributed by atoms with E-state index in [1.165, 1.54) is 48.5 Å². The van der Waals surface area contributed by atoms with E-state index >= 15 is 0 Å². The van der Waals surface area contributed by atoms with Crippen LogP contribution in [0.25, 0.3) is 21.7 Å². The van der Waals surface area contributed by atoms with E-state index in [9.17, 15) is 36.4 Å². The number of phenols is 1. The molecular weight excluding hydrogens is 671 g/mol. The van der Waals surface area contributed by atoms with E-state index in [0.717, 1.165) is 71.1 Å². The predicted molar refractivity (Wildman–Crippen MR) is 188 cm³/mol. The van der Waals surface area contributed by atoms with Gasteiger partial charge >= 0.3 is 0 Å². The van der Waals surface area contributed by atoms with Crippen molar-refractivity contribution in [1.29, 1.82) is 0 Å². The number of fused-ring (bicyclic) bond motifs is 2. The molecule has 1 atom stereocenters. The first-order chi connectivity index (χ1) is 23.4. The zero-order chi connectivity index (χ0) is 35.0. The number of hydrogen-bond donors (Lipinski definition) is 5. The average Bonchev–Trinajstić information content (AvgIpc) is 3.07. The molecule has 1 fully saturated rings. The van der Waals surface area contributed by atoms with Gasteiger partial charge in [-0.1, -0.05) is 62.4 Å². The van der Waals surface area contributed by atoms with Crippen LogP contribution in [0.15, 0.2) is 75.2 Å². The standard InChI is InChI=1S/C35H45N3O9S2/c39-30-16-14-26(29-15-17-34(41)37-35(29)30)31(40)24-36-20-6-4-2-1-3-5-7-21-38-22-18-25(19-23-38)47-49(45,46)33-13-9-10-27-28(33)11-8-12-32(27)48(42,43)44/h8-17,25,31,36,39-40H,1-7,18-24H2,(H,37,41)(H,42,43,44). The number of aromatic amines is 1. The number of piperidine rings is 1. The number of aliphatic hydroxyl groups excluding tert-OH is 1. The molecule has 49 heavy (non-hydrogen) atoms. The molecule has 3 aromatic carbocycles. The van der Waals surface area contributed by atoms with Crippen LogP contribution in [0.1, 0.15) is 69.5 Å². The number of rotatable bonds is 17. The summed E-state index contributed by atoms with van der Waals surface area (Å²) in [4.78, 5) is 16.1. The van der Waals surface area contributed by atoms with Crippen molar-refractivity contribution in [3.05, 3.63) is 76.6 Å². The summed E-state index contributed by atoms with van der Waals surface area (Å²) in [5.41, 5.74) is 0.672. The third-order valence-electron chi connectivity index (χ3n) is 9.12. The quantitative estimate of drug-likeness (QED) is 0.0571. The summed E-state index contributed by atoms with van der Waals surface area (Å²) in [6.45, 7) is 3.62. The molecular formula is C35H45N3O9S2. The van der Waals surface area contributed by atoms with E-state index in [4.69, 9.17) is 4.18 Å². The van der Waals surface area contributed by atoms with Gasteiger partial charge in [-0.25, -0.2) is 0 Å². The van der Waals surface area contributed by atoms with Gasteiger partial charge in [-0.2, -0.15) is 16.8 Å². The Morgan fingerprint density at radius 1 is 0.816 bits per heavy atom. The van der Waals surface area contributed by atoms with E-state index in [1.807, 2.05) is 0 Å². The number of phenolic OH excluding ortho intramolecular Hbond substituents is 1. The Hall–Kier alpha value is -3.37. The Labute approximate surface area is 287 Å². The monoisotopic (exact) mass is 715 g/mol. The van der Waals surface area contributed by atoms with Crippen molar-refractivity contribution >= 4 is 41.9 Å². The Kier molecular flexibility index (Phi) is 12.5. The fraction of sp³-hybridized carbons (Fsp3) is 0.457. The number of aromatic hydroxyl groups is 1. The average molecular weight is 716 g/mol. The topological polar surface area (TPSA) is 186 Å². The number of likely N-dealkylation sites (tertiary alicyclic amines) is 1. The van der Waals surface area contributed by atoms with Crippen molar-refractivity contribution in [1.82, 2.24) is 15.2 Å². The molecule has 1 unspecified atom stereocenters. The highest BCUT2D eigenvalue weighted by molar-refractivity contribution is 7.87. The van der Waals surface area contributed by atoms with Crippen molar-refractivity contribution in [3.8, 4) is 5.75 Å². The Bertz CT molecular complexity index is 2010. The fourth-order valence-electron chi connectivity index (χ4n) is 6.52. The Morgan fingerprint density at radius 3 is 2.14 bits per heavy atom. The number of H-pyrrole nitrogens is 1. The predicted octanol–water partition coefficient (Wildman–Crippen LogP) is 4.86. The lowest BCUT2D eigenvalue weighted by molar-refractivity contribution is 0.104. The molecule has 1 aromatic heterocycles. The van der Waals surface area contributed by atoms with Gasteiger partial charge in [0.1, 0.15) is 15.5 Å². The van der Waals surface area contributed by atoms with Crippen LogP contribution >= 0.6 is 0 Å². The minimum atomic E-state index is -4.52. The Balaban J connectivity index is 0.930. The molecule has 0 amide bonds. The highest BCUT2D eigenvalue weighted by Crippen LogP contribution is 2.31. The van der Waals surface area contributed by atoms with Crippen LogP contribution in [-0.4, -0.2) is 80.3 Å². The highest BCUT2D eigenvalue weighted by atomic mass is 32.2. The van der Waals surface area contributed by atoms with Crippen molar-refractivity contribution in [3.63, 3.8) is 0 Å². The third-order valence-corrected chi connectivity index (χ3v) is 11.5. The first-order valence-corrected chi connectivity index (χ1v) is 19.7. The van der Waals surface area contributed by atoms with Crippen LogP contribution in [0, 0.1) is 0 Å². The first-order valence-electron chi connectivity index (χ1n) is 16.8. The molecule has 12 nitrogen and oxygen atoms in total. The van der Waals surface area contributed by atoms with Crippen molar-refractivity contribution in [2.45, 2.75) is 79.8 Å². The number of nitrogens with zero attached hydrogens (tertiary/aromatic N) is 1. The molecule has 0 bridgehead atoms. The summed E-state index contributed by atoms with van der Waals surface area (Å²) >= 11 is 0. The number of nitrogens with one attached hydrogen (secondary N) is 2. The molecule has 0 saturated carbocycles. The second-order valence-corrected chi connectivity index (χ2v) is 15.6. The maximum absolute atomic E-state index is 13.2. The van der Waals surface area contributed by atoms with Crippen molar-refractivity contribution < 1.29 is 35.8 Å². The van der Waals surface area contributed by atoms with Crippen molar-refractivity contribution in [2.24, 2.45) is 0 Å². The molecule has 0 radical (unpaired) electrons. The fourth-order valence-corrected chi connectivity index (χ4v) is 8.58. The van der Waals surface area contributed by atoms with Gasteiger partial charge in [-0.3, -0.25) is 13.5 Å². The van der Waals surface area contributed by atoms with Crippen LogP contribution in [0.3, 0.4) is 0 Å². The van der Waals surface area contributed by atoms with Crippen LogP contribution in [0.2, 0.25) is 0 Å². The molecule has 4 aromatic rings. The van der Waals surface area contributed by atoms with E-state index in [2.05, 4.69) is 15.2 Å². The normalized spacial score (nSPS) is 15.6. The van der Waals surface area contributed by atoms with Gasteiger partial charge in [-0.15, -0.1) is 0 Å². The molecule has 2 heterocycles. The number of aromatic nitrogens is 1. The molecule has 1 aliphatic heterocycles.